The molecular weight excluding hydrogens is 274 g/mol. The minimum atomic E-state index is -1.09. The highest BCUT2D eigenvalue weighted by molar-refractivity contribution is 5.79. The molecule has 116 valence electrons. The lowest BCUT2D eigenvalue weighted by atomic mass is 10.1. The standard InChI is InChI=1S/C15H21NO5/c17-10-6-2-5-9-13(14(18)19)16-15(20)21-11-12-7-3-1-4-8-12/h1,3-4,7-8,13,17H,2,5-6,9-11H2,(H,16,20)(H,18,19). The Labute approximate surface area is 123 Å². The summed E-state index contributed by atoms with van der Waals surface area (Å²) in [6.45, 7) is 0.188. The van der Waals surface area contributed by atoms with E-state index < -0.39 is 18.1 Å². The Hall–Kier alpha value is -2.08. The van der Waals surface area contributed by atoms with Crippen molar-refractivity contribution in [2.75, 3.05) is 6.61 Å². The molecule has 21 heavy (non-hydrogen) atoms. The molecule has 1 aromatic rings. The van der Waals surface area contributed by atoms with Crippen molar-refractivity contribution in [2.24, 2.45) is 0 Å². The number of aliphatic carboxylic acids is 1. The molecule has 6 heteroatoms. The zero-order chi connectivity index (χ0) is 15.5. The van der Waals surface area contributed by atoms with Gasteiger partial charge in [0.1, 0.15) is 12.6 Å². The minimum absolute atomic E-state index is 0.0876. The Balaban J connectivity index is 2.33. The SMILES string of the molecule is O=C(NC(CCCCCO)C(=O)O)OCc1ccccc1. The predicted octanol–water partition coefficient (Wildman–Crippen LogP) is 1.92. The normalized spacial score (nSPS) is 11.7. The minimum Gasteiger partial charge on any atom is -0.480 e. The van der Waals surface area contributed by atoms with Crippen molar-refractivity contribution in [2.45, 2.75) is 38.3 Å². The van der Waals surface area contributed by atoms with Gasteiger partial charge in [-0.25, -0.2) is 9.59 Å². The van der Waals surface area contributed by atoms with Crippen molar-refractivity contribution in [3.8, 4) is 0 Å². The van der Waals surface area contributed by atoms with E-state index in [0.29, 0.717) is 19.3 Å². The van der Waals surface area contributed by atoms with Gasteiger partial charge < -0.3 is 20.3 Å². The maximum absolute atomic E-state index is 11.6. The number of carboxylic acids is 1. The van der Waals surface area contributed by atoms with Crippen LogP contribution in [-0.2, 0) is 16.1 Å². The van der Waals surface area contributed by atoms with Crippen LogP contribution in [-0.4, -0.2) is 34.9 Å². The Morgan fingerprint density at radius 2 is 1.86 bits per heavy atom. The largest absolute Gasteiger partial charge is 0.480 e. The average molecular weight is 295 g/mol. The van der Waals surface area contributed by atoms with E-state index >= 15 is 0 Å². The molecule has 1 unspecified atom stereocenters. The molecule has 0 aliphatic carbocycles. The van der Waals surface area contributed by atoms with E-state index in [4.69, 9.17) is 14.9 Å². The lowest BCUT2D eigenvalue weighted by molar-refractivity contribution is -0.139. The van der Waals surface area contributed by atoms with Gasteiger partial charge in [-0.15, -0.1) is 0 Å². The smallest absolute Gasteiger partial charge is 0.408 e. The molecule has 0 aromatic heterocycles. The number of aliphatic hydroxyl groups excluding tert-OH is 1. The summed E-state index contributed by atoms with van der Waals surface area (Å²) < 4.78 is 4.98. The third kappa shape index (κ3) is 7.31. The molecule has 1 rings (SSSR count). The van der Waals surface area contributed by atoms with Crippen molar-refractivity contribution in [3.05, 3.63) is 35.9 Å². The van der Waals surface area contributed by atoms with Crippen LogP contribution in [0.15, 0.2) is 30.3 Å². The summed E-state index contributed by atoms with van der Waals surface area (Å²) in [7, 11) is 0. The van der Waals surface area contributed by atoms with Crippen LogP contribution in [0, 0.1) is 0 Å². The summed E-state index contributed by atoms with van der Waals surface area (Å²) in [6, 6.07) is 8.19. The van der Waals surface area contributed by atoms with Crippen LogP contribution >= 0.6 is 0 Å². The molecule has 0 saturated carbocycles. The van der Waals surface area contributed by atoms with Crippen LogP contribution in [0.5, 0.6) is 0 Å². The number of unbranched alkanes of at least 4 members (excludes halogenated alkanes) is 2. The van der Waals surface area contributed by atoms with E-state index in [1.165, 1.54) is 0 Å². The summed E-state index contributed by atoms with van der Waals surface area (Å²) in [6.07, 6.45) is 1.55. The highest BCUT2D eigenvalue weighted by atomic mass is 16.5. The Morgan fingerprint density at radius 3 is 2.48 bits per heavy atom. The third-order valence-electron chi connectivity index (χ3n) is 2.95. The molecule has 0 aliphatic rings. The molecule has 3 N–H and O–H groups in total. The fourth-order valence-electron chi connectivity index (χ4n) is 1.80. The second-order valence-corrected chi connectivity index (χ2v) is 4.67. The van der Waals surface area contributed by atoms with Gasteiger partial charge in [0.25, 0.3) is 0 Å². The van der Waals surface area contributed by atoms with Crippen LogP contribution < -0.4 is 5.32 Å². The third-order valence-corrected chi connectivity index (χ3v) is 2.95. The number of hydrogen-bond donors (Lipinski definition) is 3. The zero-order valence-electron chi connectivity index (χ0n) is 11.8. The topological polar surface area (TPSA) is 95.9 Å². The fraction of sp³-hybridized carbons (Fsp3) is 0.467. The molecule has 0 spiro atoms. The Kier molecular flexibility index (Phi) is 7.89. The van der Waals surface area contributed by atoms with Gasteiger partial charge in [-0.3, -0.25) is 0 Å². The summed E-state index contributed by atoms with van der Waals surface area (Å²) >= 11 is 0. The Bertz CT molecular complexity index is 435. The first kappa shape index (κ1) is 17.0. The molecule has 0 bridgehead atoms. The summed E-state index contributed by atoms with van der Waals surface area (Å²) in [5.74, 6) is -1.09. The van der Waals surface area contributed by atoms with Crippen molar-refractivity contribution < 1.29 is 24.5 Å². The molecule has 0 heterocycles. The van der Waals surface area contributed by atoms with E-state index in [0.717, 1.165) is 12.0 Å². The number of amides is 1. The maximum atomic E-state index is 11.6. The number of ether oxygens (including phenoxy) is 1. The number of rotatable bonds is 9. The quantitative estimate of drug-likeness (QED) is 0.605. The highest BCUT2D eigenvalue weighted by Crippen LogP contribution is 2.05. The number of benzene rings is 1. The molecule has 0 aliphatic heterocycles. The molecule has 6 nitrogen and oxygen atoms in total. The number of carbonyl (C=O) groups is 2. The van der Waals surface area contributed by atoms with Crippen LogP contribution in [0.1, 0.15) is 31.2 Å². The molecule has 1 aromatic carbocycles. The van der Waals surface area contributed by atoms with Gasteiger partial charge in [-0.05, 0) is 18.4 Å². The number of aliphatic hydroxyl groups is 1. The van der Waals surface area contributed by atoms with Gasteiger partial charge in [0.05, 0.1) is 0 Å². The molecular formula is C15H21NO5. The van der Waals surface area contributed by atoms with Crippen LogP contribution in [0.3, 0.4) is 0 Å². The van der Waals surface area contributed by atoms with Crippen LogP contribution in [0.4, 0.5) is 4.79 Å². The van der Waals surface area contributed by atoms with Crippen LogP contribution in [0.25, 0.3) is 0 Å². The first-order valence-corrected chi connectivity index (χ1v) is 6.94. The number of nitrogens with one attached hydrogen (secondary N) is 1. The fourth-order valence-corrected chi connectivity index (χ4v) is 1.80. The highest BCUT2D eigenvalue weighted by Gasteiger charge is 2.20. The van der Waals surface area contributed by atoms with E-state index in [2.05, 4.69) is 5.32 Å². The van der Waals surface area contributed by atoms with Crippen LogP contribution in [0.2, 0.25) is 0 Å². The lowest BCUT2D eigenvalue weighted by Crippen LogP contribution is -2.41. The molecule has 1 amide bonds. The van der Waals surface area contributed by atoms with Gasteiger partial charge in [-0.2, -0.15) is 0 Å². The number of hydrogen-bond acceptors (Lipinski definition) is 4. The second-order valence-electron chi connectivity index (χ2n) is 4.67. The second kappa shape index (κ2) is 9.77. The van der Waals surface area contributed by atoms with E-state index in [1.54, 1.807) is 0 Å². The number of carbonyl (C=O) groups excluding carboxylic acids is 1. The van der Waals surface area contributed by atoms with Gasteiger partial charge in [0.2, 0.25) is 0 Å². The van der Waals surface area contributed by atoms with Gasteiger partial charge in [0.15, 0.2) is 0 Å². The Morgan fingerprint density at radius 1 is 1.14 bits per heavy atom. The summed E-state index contributed by atoms with van der Waals surface area (Å²) in [4.78, 5) is 22.6. The maximum Gasteiger partial charge on any atom is 0.408 e. The van der Waals surface area contributed by atoms with Crippen molar-refractivity contribution in [1.29, 1.82) is 0 Å². The van der Waals surface area contributed by atoms with Crippen molar-refractivity contribution in [3.63, 3.8) is 0 Å². The van der Waals surface area contributed by atoms with Crippen molar-refractivity contribution >= 4 is 12.1 Å². The molecule has 1 atom stereocenters. The number of alkyl carbamates (subject to hydrolysis) is 1. The molecule has 0 saturated heterocycles. The summed E-state index contributed by atoms with van der Waals surface area (Å²) in [5, 5.41) is 20.0. The van der Waals surface area contributed by atoms with Gasteiger partial charge in [0, 0.05) is 6.61 Å². The van der Waals surface area contributed by atoms with E-state index in [9.17, 15) is 9.59 Å². The average Bonchev–Trinajstić information content (AvgIpc) is 2.49. The zero-order valence-corrected chi connectivity index (χ0v) is 11.8. The van der Waals surface area contributed by atoms with E-state index in [-0.39, 0.29) is 13.2 Å². The monoisotopic (exact) mass is 295 g/mol. The number of carboxylic acid groups (broad SMARTS) is 1. The summed E-state index contributed by atoms with van der Waals surface area (Å²) in [5.41, 5.74) is 0.836. The predicted molar refractivity (Wildman–Crippen MR) is 76.7 cm³/mol. The molecule has 0 fully saturated rings. The van der Waals surface area contributed by atoms with Gasteiger partial charge in [-0.1, -0.05) is 43.2 Å². The first-order valence-electron chi connectivity index (χ1n) is 6.94. The first-order chi connectivity index (χ1) is 10.1. The lowest BCUT2D eigenvalue weighted by Gasteiger charge is -2.14. The van der Waals surface area contributed by atoms with Gasteiger partial charge >= 0.3 is 12.1 Å². The van der Waals surface area contributed by atoms with Crippen molar-refractivity contribution in [1.82, 2.24) is 5.32 Å². The molecule has 0 radical (unpaired) electrons. The van der Waals surface area contributed by atoms with E-state index in [1.807, 2.05) is 30.3 Å².